The number of nitrogens with one attached hydrogen (secondary N) is 1. The molecule has 0 saturated carbocycles. The predicted molar refractivity (Wildman–Crippen MR) is 67.0 cm³/mol. The smallest absolute Gasteiger partial charge is 0.366 e. The van der Waals surface area contributed by atoms with E-state index in [4.69, 9.17) is 11.5 Å². The van der Waals surface area contributed by atoms with Crippen LogP contribution in [-0.4, -0.2) is 23.5 Å². The molecule has 0 fully saturated rings. The van der Waals surface area contributed by atoms with Gasteiger partial charge in [-0.2, -0.15) is 13.2 Å². The Balaban J connectivity index is 3.00. The number of amides is 2. The molecule has 0 bridgehead atoms. The van der Waals surface area contributed by atoms with Crippen LogP contribution < -0.4 is 16.8 Å². The van der Waals surface area contributed by atoms with Crippen LogP contribution >= 0.6 is 0 Å². The number of carbonyl (C=O) groups excluding carboxylic acids is 2. The maximum absolute atomic E-state index is 12.6. The van der Waals surface area contributed by atoms with Crippen LogP contribution in [0.4, 0.5) is 18.9 Å². The quantitative estimate of drug-likeness (QED) is 0.782. The number of primary amides is 1. The van der Waals surface area contributed by atoms with Gasteiger partial charge in [0.25, 0.3) is 5.91 Å². The molecule has 0 aromatic heterocycles. The van der Waals surface area contributed by atoms with Crippen molar-refractivity contribution < 1.29 is 22.8 Å². The lowest BCUT2D eigenvalue weighted by Gasteiger charge is -2.26. The molecule has 1 aromatic carbocycles. The molecule has 0 saturated heterocycles. The summed E-state index contributed by atoms with van der Waals surface area (Å²) in [5, 5.41) is 2.09. The number of rotatable bonds is 3. The highest BCUT2D eigenvalue weighted by atomic mass is 19.4. The molecule has 0 heterocycles. The molecule has 2 amide bonds. The van der Waals surface area contributed by atoms with Crippen molar-refractivity contribution in [2.45, 2.75) is 25.6 Å². The highest BCUT2D eigenvalue weighted by Gasteiger charge is 2.54. The van der Waals surface area contributed by atoms with E-state index in [1.54, 1.807) is 0 Å². The highest BCUT2D eigenvalue weighted by molar-refractivity contribution is 6.00. The van der Waals surface area contributed by atoms with Gasteiger partial charge >= 0.3 is 6.18 Å². The maximum Gasteiger partial charge on any atom is 0.415 e. The Kier molecular flexibility index (Phi) is 4.09. The lowest BCUT2D eigenvalue weighted by molar-refractivity contribution is -0.184. The summed E-state index contributed by atoms with van der Waals surface area (Å²) in [6.45, 7) is 2.10. The Morgan fingerprint density at radius 3 is 2.20 bits per heavy atom. The van der Waals surface area contributed by atoms with Gasteiger partial charge in [-0.05, 0) is 37.6 Å². The Morgan fingerprint density at radius 2 is 1.80 bits per heavy atom. The molecular weight excluding hydrogens is 275 g/mol. The number of aryl methyl sites for hydroxylation is 1. The first kappa shape index (κ1) is 16.0. The van der Waals surface area contributed by atoms with Crippen molar-refractivity contribution in [1.82, 2.24) is 0 Å². The predicted octanol–water partition coefficient (Wildman–Crippen LogP) is 1.31. The van der Waals surface area contributed by atoms with Crippen LogP contribution in [0.5, 0.6) is 0 Å². The summed E-state index contributed by atoms with van der Waals surface area (Å²) in [5.41, 5.74) is 7.76. The molecule has 110 valence electrons. The zero-order valence-corrected chi connectivity index (χ0v) is 10.8. The van der Waals surface area contributed by atoms with Crippen LogP contribution in [0.25, 0.3) is 0 Å². The van der Waals surface area contributed by atoms with E-state index in [0.717, 1.165) is 0 Å². The molecule has 1 unspecified atom stereocenters. The average molecular weight is 289 g/mol. The van der Waals surface area contributed by atoms with E-state index in [-0.39, 0.29) is 11.3 Å². The van der Waals surface area contributed by atoms with Gasteiger partial charge < -0.3 is 16.8 Å². The van der Waals surface area contributed by atoms with Gasteiger partial charge in [0.15, 0.2) is 5.54 Å². The number of hydrogen-bond donors (Lipinski definition) is 3. The third kappa shape index (κ3) is 3.08. The number of hydrogen-bond acceptors (Lipinski definition) is 3. The first-order valence-electron chi connectivity index (χ1n) is 5.54. The molecule has 0 radical (unpaired) electrons. The zero-order chi connectivity index (χ0) is 15.7. The Labute approximate surface area is 113 Å². The summed E-state index contributed by atoms with van der Waals surface area (Å²) < 4.78 is 37.8. The molecule has 5 N–H and O–H groups in total. The SMILES string of the molecule is Cc1cc(C(N)=O)ccc1NC(=O)C(C)(N)C(F)(F)F. The van der Waals surface area contributed by atoms with E-state index >= 15 is 0 Å². The molecule has 5 nitrogen and oxygen atoms in total. The van der Waals surface area contributed by atoms with Crippen molar-refractivity contribution in [2.24, 2.45) is 11.5 Å². The molecule has 8 heteroatoms. The van der Waals surface area contributed by atoms with E-state index in [0.29, 0.717) is 12.5 Å². The van der Waals surface area contributed by atoms with Crippen molar-refractivity contribution in [3.8, 4) is 0 Å². The summed E-state index contributed by atoms with van der Waals surface area (Å²) in [6, 6.07) is 3.95. The molecule has 0 spiro atoms. The number of anilines is 1. The summed E-state index contributed by atoms with van der Waals surface area (Å²) in [4.78, 5) is 22.5. The van der Waals surface area contributed by atoms with Crippen LogP contribution in [0.3, 0.4) is 0 Å². The third-order valence-electron chi connectivity index (χ3n) is 2.82. The first-order valence-corrected chi connectivity index (χ1v) is 5.54. The molecule has 1 atom stereocenters. The number of carbonyl (C=O) groups is 2. The average Bonchev–Trinajstić information content (AvgIpc) is 2.29. The first-order chi connectivity index (χ1) is 8.96. The molecule has 20 heavy (non-hydrogen) atoms. The summed E-state index contributed by atoms with van der Waals surface area (Å²) in [7, 11) is 0. The summed E-state index contributed by atoms with van der Waals surface area (Å²) in [5.74, 6) is -2.06. The Bertz CT molecular complexity index is 553. The van der Waals surface area contributed by atoms with E-state index in [2.05, 4.69) is 5.32 Å². The zero-order valence-electron chi connectivity index (χ0n) is 10.8. The fourth-order valence-corrected chi connectivity index (χ4v) is 1.34. The van der Waals surface area contributed by atoms with Crippen LogP contribution in [-0.2, 0) is 4.79 Å². The largest absolute Gasteiger partial charge is 0.415 e. The lowest BCUT2D eigenvalue weighted by Crippen LogP contribution is -2.59. The molecule has 0 aliphatic rings. The van der Waals surface area contributed by atoms with Crippen LogP contribution in [0, 0.1) is 6.92 Å². The van der Waals surface area contributed by atoms with E-state index < -0.39 is 23.5 Å². The molecular formula is C12H14F3N3O2. The number of alkyl halides is 3. The highest BCUT2D eigenvalue weighted by Crippen LogP contribution is 2.29. The van der Waals surface area contributed by atoms with Gasteiger partial charge in [0.2, 0.25) is 5.91 Å². The van der Waals surface area contributed by atoms with Gasteiger partial charge in [0.05, 0.1) is 0 Å². The standard InChI is InChI=1S/C12H14F3N3O2/c1-6-5-7(9(16)19)3-4-8(6)18-10(20)11(2,17)12(13,14)15/h3-5H,17H2,1-2H3,(H2,16,19)(H,18,20). The van der Waals surface area contributed by atoms with Gasteiger partial charge in [0.1, 0.15) is 0 Å². The van der Waals surface area contributed by atoms with E-state index in [9.17, 15) is 22.8 Å². The van der Waals surface area contributed by atoms with Crippen molar-refractivity contribution in [3.05, 3.63) is 29.3 Å². The monoisotopic (exact) mass is 289 g/mol. The van der Waals surface area contributed by atoms with Gasteiger partial charge in [-0.25, -0.2) is 0 Å². The summed E-state index contributed by atoms with van der Waals surface area (Å²) >= 11 is 0. The third-order valence-corrected chi connectivity index (χ3v) is 2.82. The minimum Gasteiger partial charge on any atom is -0.366 e. The second kappa shape index (κ2) is 5.12. The molecule has 1 aromatic rings. The molecule has 0 aliphatic carbocycles. The van der Waals surface area contributed by atoms with Crippen molar-refractivity contribution in [1.29, 1.82) is 0 Å². The fourth-order valence-electron chi connectivity index (χ4n) is 1.34. The van der Waals surface area contributed by atoms with Gasteiger partial charge in [-0.3, -0.25) is 9.59 Å². The minimum atomic E-state index is -4.88. The fraction of sp³-hybridized carbons (Fsp3) is 0.333. The second-order valence-electron chi connectivity index (χ2n) is 4.55. The lowest BCUT2D eigenvalue weighted by atomic mass is 10.0. The van der Waals surface area contributed by atoms with Gasteiger partial charge in [-0.1, -0.05) is 0 Å². The van der Waals surface area contributed by atoms with E-state index in [1.807, 2.05) is 0 Å². The van der Waals surface area contributed by atoms with Gasteiger partial charge in [0, 0.05) is 11.3 Å². The van der Waals surface area contributed by atoms with Gasteiger partial charge in [-0.15, -0.1) is 0 Å². The Hall–Kier alpha value is -2.09. The Morgan fingerprint density at radius 1 is 1.25 bits per heavy atom. The maximum atomic E-state index is 12.6. The molecule has 1 rings (SSSR count). The number of halogens is 3. The summed E-state index contributed by atoms with van der Waals surface area (Å²) in [6.07, 6.45) is -4.88. The van der Waals surface area contributed by atoms with Crippen molar-refractivity contribution >= 4 is 17.5 Å². The van der Waals surface area contributed by atoms with Crippen LogP contribution in [0.1, 0.15) is 22.8 Å². The minimum absolute atomic E-state index is 0.126. The number of benzene rings is 1. The molecule has 0 aliphatic heterocycles. The van der Waals surface area contributed by atoms with Crippen molar-refractivity contribution in [3.63, 3.8) is 0 Å². The van der Waals surface area contributed by atoms with E-state index in [1.165, 1.54) is 25.1 Å². The second-order valence-corrected chi connectivity index (χ2v) is 4.55. The normalized spacial score (nSPS) is 14.5. The topological polar surface area (TPSA) is 98.2 Å². The number of nitrogens with two attached hydrogens (primary N) is 2. The van der Waals surface area contributed by atoms with Crippen LogP contribution in [0.2, 0.25) is 0 Å². The van der Waals surface area contributed by atoms with Crippen LogP contribution in [0.15, 0.2) is 18.2 Å². The van der Waals surface area contributed by atoms with Crippen molar-refractivity contribution in [2.75, 3.05) is 5.32 Å².